The molecule has 2 amide bonds. The number of fused-ring (bicyclic) bond motifs is 1. The summed E-state index contributed by atoms with van der Waals surface area (Å²) in [6.07, 6.45) is -1.34. The van der Waals surface area contributed by atoms with E-state index in [1.165, 1.54) is 18.1 Å². The van der Waals surface area contributed by atoms with Gasteiger partial charge in [0.05, 0.1) is 43.8 Å². The summed E-state index contributed by atoms with van der Waals surface area (Å²) in [6.45, 7) is 2.81. The van der Waals surface area contributed by atoms with Crippen LogP contribution >= 0.6 is 11.6 Å². The maximum absolute atomic E-state index is 14.8. The number of methoxy groups -OCH3 is 1. The molecule has 0 atom stereocenters. The van der Waals surface area contributed by atoms with Crippen molar-refractivity contribution in [1.29, 1.82) is 0 Å². The summed E-state index contributed by atoms with van der Waals surface area (Å²) in [5.41, 5.74) is 1.54. The molecule has 38 heavy (non-hydrogen) atoms. The van der Waals surface area contributed by atoms with Gasteiger partial charge in [0.15, 0.2) is 0 Å². The Morgan fingerprint density at radius 2 is 1.95 bits per heavy atom. The van der Waals surface area contributed by atoms with Gasteiger partial charge in [0.1, 0.15) is 18.2 Å². The monoisotopic (exact) mass is 545 g/mol. The number of alkyl carbamates (subject to hydrolysis) is 1. The Bertz CT molecular complexity index is 1270. The third-order valence-electron chi connectivity index (χ3n) is 5.89. The molecule has 0 bridgehead atoms. The van der Waals surface area contributed by atoms with Gasteiger partial charge < -0.3 is 29.7 Å². The number of morpholine rings is 1. The molecule has 1 fully saturated rings. The summed E-state index contributed by atoms with van der Waals surface area (Å²) in [4.78, 5) is 32.0. The lowest BCUT2D eigenvalue weighted by Gasteiger charge is -2.30. The molecule has 0 unspecified atom stereocenters. The van der Waals surface area contributed by atoms with Crippen LogP contribution in [-0.2, 0) is 14.2 Å². The SMILES string of the molecule is COC(=O)N(CCOC(=O)NCCNc1ccc2cc(Cl)ccc2n1)c1ccc(N2CCOCC2)c(F)c1. The molecule has 2 N–H and O–H groups in total. The Labute approximate surface area is 224 Å². The topological polar surface area (TPSA) is 105 Å². The van der Waals surface area contributed by atoms with Gasteiger partial charge in [-0.25, -0.2) is 19.0 Å². The molecule has 12 heteroatoms. The van der Waals surface area contributed by atoms with Gasteiger partial charge in [-0.15, -0.1) is 0 Å². The van der Waals surface area contributed by atoms with Gasteiger partial charge in [-0.2, -0.15) is 0 Å². The number of aromatic nitrogens is 1. The maximum Gasteiger partial charge on any atom is 0.414 e. The van der Waals surface area contributed by atoms with Gasteiger partial charge in [0.25, 0.3) is 0 Å². The largest absolute Gasteiger partial charge is 0.452 e. The Balaban J connectivity index is 1.23. The highest BCUT2D eigenvalue weighted by molar-refractivity contribution is 6.31. The zero-order chi connectivity index (χ0) is 26.9. The van der Waals surface area contributed by atoms with E-state index in [2.05, 4.69) is 15.6 Å². The van der Waals surface area contributed by atoms with Crippen LogP contribution in [0, 0.1) is 5.82 Å². The normalized spacial score (nSPS) is 13.2. The van der Waals surface area contributed by atoms with Gasteiger partial charge in [-0.05, 0) is 48.5 Å². The number of benzene rings is 2. The number of ether oxygens (including phenoxy) is 3. The number of amides is 2. The number of halogens is 2. The fraction of sp³-hybridized carbons (Fsp3) is 0.346. The van der Waals surface area contributed by atoms with Gasteiger partial charge >= 0.3 is 12.2 Å². The Kier molecular flexibility index (Phi) is 9.39. The van der Waals surface area contributed by atoms with Crippen LogP contribution in [-0.4, -0.2) is 76.8 Å². The van der Waals surface area contributed by atoms with Crippen molar-refractivity contribution in [2.24, 2.45) is 0 Å². The van der Waals surface area contributed by atoms with Gasteiger partial charge in [0, 0.05) is 36.6 Å². The van der Waals surface area contributed by atoms with E-state index in [-0.39, 0.29) is 19.7 Å². The third kappa shape index (κ3) is 7.14. The Hall–Kier alpha value is -3.83. The second-order valence-electron chi connectivity index (χ2n) is 8.38. The minimum absolute atomic E-state index is 0.0142. The second-order valence-corrected chi connectivity index (χ2v) is 8.82. The molecule has 3 aromatic rings. The van der Waals surface area contributed by atoms with Crippen LogP contribution in [0.4, 0.5) is 31.2 Å². The standard InChI is InChI=1S/C26H29ClFN5O5/c1-36-26(35)33(20-4-6-23(21(28)17-20)32-10-13-37-14-11-32)12-15-38-25(34)30-9-8-29-24-7-2-18-16-19(27)3-5-22(18)31-24/h2-7,16-17H,8-15H2,1H3,(H,29,31)(H,30,34). The molecule has 1 aliphatic rings. The fourth-order valence-electron chi connectivity index (χ4n) is 3.99. The molecule has 1 aliphatic heterocycles. The molecule has 2 heterocycles. The van der Waals surface area contributed by atoms with Crippen molar-refractivity contribution < 1.29 is 28.2 Å². The lowest BCUT2D eigenvalue weighted by Crippen LogP contribution is -2.37. The van der Waals surface area contributed by atoms with Crippen LogP contribution < -0.4 is 20.4 Å². The molecule has 10 nitrogen and oxygen atoms in total. The number of nitrogens with one attached hydrogen (secondary N) is 2. The van der Waals surface area contributed by atoms with E-state index in [9.17, 15) is 14.0 Å². The van der Waals surface area contributed by atoms with E-state index in [1.807, 2.05) is 29.2 Å². The quantitative estimate of drug-likeness (QED) is 0.384. The van der Waals surface area contributed by atoms with Crippen molar-refractivity contribution in [2.75, 3.05) is 74.8 Å². The maximum atomic E-state index is 14.8. The van der Waals surface area contributed by atoms with Crippen molar-refractivity contribution in [2.45, 2.75) is 0 Å². The number of hydrogen-bond acceptors (Lipinski definition) is 8. The van der Waals surface area contributed by atoms with Crippen LogP contribution in [0.1, 0.15) is 0 Å². The number of carbonyl (C=O) groups excluding carboxylic acids is 2. The average molecular weight is 546 g/mol. The number of pyridine rings is 1. The summed E-state index contributed by atoms with van der Waals surface area (Å²) in [5, 5.41) is 7.33. The molecule has 1 saturated heterocycles. The second kappa shape index (κ2) is 13.1. The molecule has 202 valence electrons. The molecule has 2 aromatic carbocycles. The first-order valence-electron chi connectivity index (χ1n) is 12.1. The van der Waals surface area contributed by atoms with E-state index in [4.69, 9.17) is 25.8 Å². The zero-order valence-electron chi connectivity index (χ0n) is 20.9. The molecular formula is C26H29ClFN5O5. The van der Waals surface area contributed by atoms with Crippen LogP contribution in [0.15, 0.2) is 48.5 Å². The van der Waals surface area contributed by atoms with Crippen LogP contribution in [0.25, 0.3) is 10.9 Å². The first kappa shape index (κ1) is 27.2. The summed E-state index contributed by atoms with van der Waals surface area (Å²) < 4.78 is 30.2. The first-order chi connectivity index (χ1) is 18.4. The molecule has 0 radical (unpaired) electrons. The smallest absolute Gasteiger partial charge is 0.414 e. The fourth-order valence-corrected chi connectivity index (χ4v) is 4.17. The predicted octanol–water partition coefficient (Wildman–Crippen LogP) is 4.28. The van der Waals surface area contributed by atoms with Crippen molar-refractivity contribution >= 4 is 51.9 Å². The highest BCUT2D eigenvalue weighted by Gasteiger charge is 2.21. The molecule has 0 aliphatic carbocycles. The van der Waals surface area contributed by atoms with Gasteiger partial charge in [-0.3, -0.25) is 4.90 Å². The van der Waals surface area contributed by atoms with Crippen LogP contribution in [0.3, 0.4) is 0 Å². The van der Waals surface area contributed by atoms with E-state index in [1.54, 1.807) is 18.2 Å². The lowest BCUT2D eigenvalue weighted by molar-refractivity contribution is 0.122. The number of anilines is 3. The third-order valence-corrected chi connectivity index (χ3v) is 6.12. The molecule has 4 rings (SSSR count). The number of rotatable bonds is 9. The van der Waals surface area contributed by atoms with E-state index in [0.29, 0.717) is 55.1 Å². The number of nitrogens with zero attached hydrogens (tertiary/aromatic N) is 3. The summed E-state index contributed by atoms with van der Waals surface area (Å²) >= 11 is 6.00. The average Bonchev–Trinajstić information content (AvgIpc) is 2.93. The zero-order valence-corrected chi connectivity index (χ0v) is 21.7. The van der Waals surface area contributed by atoms with Crippen LogP contribution in [0.5, 0.6) is 0 Å². The Morgan fingerprint density at radius 1 is 1.13 bits per heavy atom. The van der Waals surface area contributed by atoms with Crippen LogP contribution in [0.2, 0.25) is 5.02 Å². The van der Waals surface area contributed by atoms with Gasteiger partial charge in [-0.1, -0.05) is 11.6 Å². The first-order valence-corrected chi connectivity index (χ1v) is 12.5. The van der Waals surface area contributed by atoms with Crippen molar-refractivity contribution in [3.63, 3.8) is 0 Å². The summed E-state index contributed by atoms with van der Waals surface area (Å²) in [5.74, 6) is 0.199. The summed E-state index contributed by atoms with van der Waals surface area (Å²) in [6, 6.07) is 13.7. The highest BCUT2D eigenvalue weighted by atomic mass is 35.5. The van der Waals surface area contributed by atoms with Crippen molar-refractivity contribution in [3.05, 3.63) is 59.4 Å². The number of carbonyl (C=O) groups is 2. The van der Waals surface area contributed by atoms with Crippen molar-refractivity contribution in [1.82, 2.24) is 10.3 Å². The summed E-state index contributed by atoms with van der Waals surface area (Å²) in [7, 11) is 1.23. The minimum Gasteiger partial charge on any atom is -0.452 e. The van der Waals surface area contributed by atoms with E-state index >= 15 is 0 Å². The predicted molar refractivity (Wildman–Crippen MR) is 144 cm³/mol. The van der Waals surface area contributed by atoms with E-state index < -0.39 is 18.0 Å². The van der Waals surface area contributed by atoms with Crippen molar-refractivity contribution in [3.8, 4) is 0 Å². The highest BCUT2D eigenvalue weighted by Crippen LogP contribution is 2.26. The lowest BCUT2D eigenvalue weighted by atomic mass is 10.2. The molecular weight excluding hydrogens is 517 g/mol. The Morgan fingerprint density at radius 3 is 2.71 bits per heavy atom. The molecule has 1 aromatic heterocycles. The van der Waals surface area contributed by atoms with Gasteiger partial charge in [0.2, 0.25) is 0 Å². The van der Waals surface area contributed by atoms with E-state index in [0.717, 1.165) is 10.9 Å². The number of hydrogen-bond donors (Lipinski definition) is 2. The minimum atomic E-state index is -0.693. The molecule has 0 spiro atoms. The molecule has 0 saturated carbocycles.